The Morgan fingerprint density at radius 3 is 1.52 bits per heavy atom. The van der Waals surface area contributed by atoms with Gasteiger partial charge in [0.25, 0.3) is 10.1 Å². The summed E-state index contributed by atoms with van der Waals surface area (Å²) in [6.07, 6.45) is -2.06. The third-order valence-corrected chi connectivity index (χ3v) is 10.9. The Balaban J connectivity index is 0.000000388. The van der Waals surface area contributed by atoms with Crippen LogP contribution in [-0.2, 0) is 57.2 Å². The van der Waals surface area contributed by atoms with E-state index >= 15 is 0 Å². The van der Waals surface area contributed by atoms with Crippen molar-refractivity contribution >= 4 is 50.1 Å². The minimum absolute atomic E-state index is 0. The molecule has 0 fully saturated rings. The summed E-state index contributed by atoms with van der Waals surface area (Å²) in [7, 11) is -9.11. The van der Waals surface area contributed by atoms with Crippen LogP contribution in [0.2, 0.25) is 0 Å². The summed E-state index contributed by atoms with van der Waals surface area (Å²) < 4.78 is 79.5. The van der Waals surface area contributed by atoms with Crippen molar-refractivity contribution in [1.29, 1.82) is 0 Å². The van der Waals surface area contributed by atoms with Crippen molar-refractivity contribution in [2.24, 2.45) is 5.73 Å². The number of rotatable bonds is 21. The Morgan fingerprint density at radius 2 is 1.06 bits per heavy atom. The molecule has 1 aliphatic carbocycles. The molecule has 0 saturated heterocycles. The topological polar surface area (TPSA) is 287 Å². The van der Waals surface area contributed by atoms with Crippen LogP contribution >= 0.6 is 0 Å². The second-order valence-corrected chi connectivity index (χ2v) is 17.2. The first-order valence-corrected chi connectivity index (χ1v) is 22.9. The van der Waals surface area contributed by atoms with E-state index in [1.807, 2.05) is 97.1 Å². The van der Waals surface area contributed by atoms with Gasteiger partial charge in [0.05, 0.1) is 27.7 Å². The molecule has 18 nitrogen and oxygen atoms in total. The minimum atomic E-state index is -4.83. The van der Waals surface area contributed by atoms with Gasteiger partial charge in [-0.2, -0.15) is 8.42 Å². The average Bonchev–Trinajstić information content (AvgIpc) is 3.57. The Labute approximate surface area is 414 Å². The number of carbonyl (C=O) groups excluding carboxylic acids is 5. The number of ether oxygens (including phenoxy) is 3. The van der Waals surface area contributed by atoms with Gasteiger partial charge < -0.3 is 40.4 Å². The smallest absolute Gasteiger partial charge is 0.748 e. The number of nitrogens with one attached hydrogen (secondary N) is 3. The summed E-state index contributed by atoms with van der Waals surface area (Å²) in [6, 6.07) is 30.9. The van der Waals surface area contributed by atoms with Crippen LogP contribution in [0.5, 0.6) is 0 Å². The van der Waals surface area contributed by atoms with E-state index in [9.17, 15) is 45.4 Å². The van der Waals surface area contributed by atoms with Crippen LogP contribution in [0.3, 0.4) is 0 Å². The Hall–Kier alpha value is -4.55. The molecule has 0 saturated carbocycles. The molecule has 21 heteroatoms. The van der Waals surface area contributed by atoms with Gasteiger partial charge in [-0.1, -0.05) is 109 Å². The molecule has 0 unspecified atom stereocenters. The van der Waals surface area contributed by atoms with Crippen molar-refractivity contribution in [2.45, 2.75) is 56.9 Å². The molecular formula is C43H49KN4O14S2. The van der Waals surface area contributed by atoms with E-state index in [1.165, 1.54) is 0 Å². The maximum atomic E-state index is 12.7. The van der Waals surface area contributed by atoms with Crippen molar-refractivity contribution in [3.8, 4) is 11.1 Å². The first kappa shape index (κ1) is 53.8. The quantitative estimate of drug-likeness (QED) is 0.0340. The number of hydrogen-bond donors (Lipinski definition) is 5. The van der Waals surface area contributed by atoms with E-state index in [1.54, 1.807) is 12.1 Å². The molecule has 64 heavy (non-hydrogen) atoms. The normalized spacial score (nSPS) is 12.6. The number of nitrogens with two attached hydrogens (primary N) is 1. The molecule has 5 rings (SSSR count). The predicted octanol–water partition coefficient (Wildman–Crippen LogP) is 1.20. The molecule has 1 aliphatic rings. The molecule has 6 N–H and O–H groups in total. The standard InChI is InChI=1S/C29H30N2O8S.C14H20N2O6S.K/c32-27(15-8-16-30-28(33)38-17-20-9-2-1-3-10-20)26(19-40(35,36)37)31-29(34)39-18-25-23-13-6-4-11-21(23)22-12-5-7-14-24(22)25;15-12(10-23(19,20)21)13(17)7-4-8-16-14(18)22-9-11-5-2-1-3-6-11;/h1-7,9-14,25-26H,8,15-19H2,(H,30,33)(H,31,34)(H,35,36,37);1-3,5-6,12H,4,7-10,15H2,(H,16,18)(H,19,20,21);/q;;+1/p-1/t26-;12-;/m00./s1. The fourth-order valence-electron chi connectivity index (χ4n) is 6.34. The SMILES string of the molecule is N[C@@H](CS(=O)(=O)O)C(=O)CCCNC(=O)OCc1ccccc1.O=C(NCCCC(=O)[C@H](CS(=O)(=O)[O-])NC(=O)OCC1c2ccccc2-c2ccccc21)OCc1ccccc1.[K+]. The molecule has 0 aliphatic heterocycles. The van der Waals surface area contributed by atoms with Crippen molar-refractivity contribution in [3.05, 3.63) is 131 Å². The predicted molar refractivity (Wildman–Crippen MR) is 229 cm³/mol. The van der Waals surface area contributed by atoms with Crippen LogP contribution in [0.15, 0.2) is 109 Å². The molecule has 3 amide bonds. The second-order valence-electron chi connectivity index (χ2n) is 14.2. The van der Waals surface area contributed by atoms with Gasteiger partial charge in [-0.05, 0) is 46.2 Å². The van der Waals surface area contributed by atoms with Crippen LogP contribution < -0.4 is 73.1 Å². The Morgan fingerprint density at radius 1 is 0.625 bits per heavy atom. The molecule has 2 atom stereocenters. The maximum Gasteiger partial charge on any atom is 1.00 e. The molecule has 0 spiro atoms. The maximum absolute atomic E-state index is 12.7. The summed E-state index contributed by atoms with van der Waals surface area (Å²) in [5.74, 6) is -3.32. The van der Waals surface area contributed by atoms with Crippen LogP contribution in [0.25, 0.3) is 11.1 Å². The van der Waals surface area contributed by atoms with E-state index in [2.05, 4.69) is 16.0 Å². The third kappa shape index (κ3) is 19.7. The zero-order valence-corrected chi connectivity index (χ0v) is 39.8. The monoisotopic (exact) mass is 948 g/mol. The summed E-state index contributed by atoms with van der Waals surface area (Å²) >= 11 is 0. The number of fused-ring (bicyclic) bond motifs is 3. The van der Waals surface area contributed by atoms with Crippen LogP contribution in [0, 0.1) is 0 Å². The van der Waals surface area contributed by atoms with Gasteiger partial charge in [-0.15, -0.1) is 0 Å². The zero-order valence-electron chi connectivity index (χ0n) is 35.1. The number of carbonyl (C=O) groups is 5. The second kappa shape index (κ2) is 27.0. The van der Waals surface area contributed by atoms with Crippen molar-refractivity contribution in [3.63, 3.8) is 0 Å². The number of ketones is 2. The number of Topliss-reactive ketones (excluding diaryl/α,β-unsaturated/α-hetero) is 2. The Bertz CT molecular complexity index is 2350. The third-order valence-electron chi connectivity index (χ3n) is 9.36. The van der Waals surface area contributed by atoms with E-state index in [4.69, 9.17) is 24.5 Å². The van der Waals surface area contributed by atoms with Crippen molar-refractivity contribution in [2.75, 3.05) is 31.2 Å². The number of alkyl carbamates (subject to hydrolysis) is 3. The molecule has 0 radical (unpaired) electrons. The van der Waals surface area contributed by atoms with Gasteiger partial charge in [0.2, 0.25) is 0 Å². The summed E-state index contributed by atoms with van der Waals surface area (Å²) in [6.45, 7) is 0.447. The first-order valence-electron chi connectivity index (χ1n) is 19.7. The van der Waals surface area contributed by atoms with E-state index < -0.39 is 73.7 Å². The van der Waals surface area contributed by atoms with Gasteiger partial charge in [0, 0.05) is 31.8 Å². The summed E-state index contributed by atoms with van der Waals surface area (Å²) in [5, 5.41) is 7.20. The van der Waals surface area contributed by atoms with Gasteiger partial charge >= 0.3 is 69.7 Å². The van der Waals surface area contributed by atoms with Gasteiger partial charge in [-0.3, -0.25) is 14.1 Å². The van der Waals surface area contributed by atoms with Gasteiger partial charge in [-0.25, -0.2) is 22.8 Å². The van der Waals surface area contributed by atoms with Gasteiger partial charge in [0.15, 0.2) is 11.6 Å². The largest absolute Gasteiger partial charge is 1.00 e. The molecule has 0 bridgehead atoms. The fraction of sp³-hybridized carbons (Fsp3) is 0.326. The van der Waals surface area contributed by atoms with E-state index in [0.717, 1.165) is 33.4 Å². The van der Waals surface area contributed by atoms with Crippen molar-refractivity contribution in [1.82, 2.24) is 16.0 Å². The van der Waals surface area contributed by atoms with Gasteiger partial charge in [0.1, 0.15) is 25.9 Å². The molecular weight excluding hydrogens is 900 g/mol. The molecule has 338 valence electrons. The fourth-order valence-corrected chi connectivity index (χ4v) is 7.65. The van der Waals surface area contributed by atoms with Crippen molar-refractivity contribution < 1.29 is 116 Å². The molecule has 0 aromatic heterocycles. The molecule has 4 aromatic carbocycles. The summed E-state index contributed by atoms with van der Waals surface area (Å²) in [4.78, 5) is 60.1. The zero-order chi connectivity index (χ0) is 45.8. The van der Waals surface area contributed by atoms with Crippen LogP contribution in [-0.4, -0.2) is 99.1 Å². The van der Waals surface area contributed by atoms with E-state index in [0.29, 0.717) is 6.42 Å². The number of hydrogen-bond acceptors (Lipinski definition) is 14. The summed E-state index contributed by atoms with van der Waals surface area (Å²) in [5.41, 5.74) is 11.1. The molecule has 0 heterocycles. The Kier molecular flexibility index (Phi) is 22.7. The first-order chi connectivity index (χ1) is 30.0. The van der Waals surface area contributed by atoms with Crippen LogP contribution in [0.1, 0.15) is 53.9 Å². The molecule has 4 aromatic rings. The minimum Gasteiger partial charge on any atom is -0.748 e. The van der Waals surface area contributed by atoms with E-state index in [-0.39, 0.29) is 109 Å². The van der Waals surface area contributed by atoms with Crippen LogP contribution in [0.4, 0.5) is 14.4 Å². The number of benzene rings is 4. The number of amides is 3. The average molecular weight is 949 g/mol.